The Morgan fingerprint density at radius 1 is 1.17 bits per heavy atom. The van der Waals surface area contributed by atoms with Crippen molar-refractivity contribution in [3.05, 3.63) is 63.9 Å². The van der Waals surface area contributed by atoms with Crippen LogP contribution in [0.5, 0.6) is 0 Å². The Bertz CT molecular complexity index is 543. The first kappa shape index (κ1) is 13.1. The Hall–Kier alpha value is -1.37. The predicted molar refractivity (Wildman–Crippen MR) is 67.5 cm³/mol. The summed E-state index contributed by atoms with van der Waals surface area (Å²) >= 11 is 3.28. The number of benzene rings is 1. The van der Waals surface area contributed by atoms with Crippen molar-refractivity contribution in [2.24, 2.45) is 5.84 Å². The maximum atomic E-state index is 13.7. The highest BCUT2D eigenvalue weighted by molar-refractivity contribution is 9.10. The molecule has 6 heteroatoms. The summed E-state index contributed by atoms with van der Waals surface area (Å²) in [6.45, 7) is 0. The highest BCUT2D eigenvalue weighted by Crippen LogP contribution is 2.29. The average molecular weight is 314 g/mol. The van der Waals surface area contributed by atoms with Gasteiger partial charge in [0.05, 0.1) is 11.7 Å². The Balaban J connectivity index is 2.56. The summed E-state index contributed by atoms with van der Waals surface area (Å²) in [5.41, 5.74) is 2.65. The number of halogens is 3. The second kappa shape index (κ2) is 5.51. The second-order valence-corrected chi connectivity index (χ2v) is 4.46. The van der Waals surface area contributed by atoms with Gasteiger partial charge >= 0.3 is 0 Å². The third-order valence-electron chi connectivity index (χ3n) is 2.52. The van der Waals surface area contributed by atoms with Gasteiger partial charge in [0.25, 0.3) is 0 Å². The van der Waals surface area contributed by atoms with Crippen LogP contribution in [-0.4, -0.2) is 4.98 Å². The van der Waals surface area contributed by atoms with Gasteiger partial charge in [0.15, 0.2) is 0 Å². The van der Waals surface area contributed by atoms with Crippen LogP contribution >= 0.6 is 15.9 Å². The van der Waals surface area contributed by atoms with Crippen LogP contribution < -0.4 is 11.3 Å². The van der Waals surface area contributed by atoms with Crippen LogP contribution in [0.3, 0.4) is 0 Å². The summed E-state index contributed by atoms with van der Waals surface area (Å²) < 4.78 is 28.1. The van der Waals surface area contributed by atoms with Crippen molar-refractivity contribution in [3.63, 3.8) is 0 Å². The Kier molecular flexibility index (Phi) is 4.00. The number of rotatable bonds is 3. The van der Waals surface area contributed by atoms with Gasteiger partial charge in [0, 0.05) is 16.2 Å². The third-order valence-corrected chi connectivity index (χ3v) is 3.19. The van der Waals surface area contributed by atoms with Crippen molar-refractivity contribution in [1.29, 1.82) is 0 Å². The molecule has 0 bridgehead atoms. The van der Waals surface area contributed by atoms with Gasteiger partial charge in [0.1, 0.15) is 11.6 Å². The van der Waals surface area contributed by atoms with E-state index in [1.165, 1.54) is 24.4 Å². The first-order valence-corrected chi connectivity index (χ1v) is 5.95. The lowest BCUT2D eigenvalue weighted by atomic mass is 10.0. The molecule has 0 spiro atoms. The van der Waals surface area contributed by atoms with Gasteiger partial charge in [-0.15, -0.1) is 0 Å². The summed E-state index contributed by atoms with van der Waals surface area (Å²) in [7, 11) is 0. The van der Waals surface area contributed by atoms with Gasteiger partial charge < -0.3 is 0 Å². The van der Waals surface area contributed by atoms with Gasteiger partial charge in [0.2, 0.25) is 0 Å². The van der Waals surface area contributed by atoms with Gasteiger partial charge in [-0.1, -0.05) is 6.07 Å². The number of hydrazine groups is 1. The van der Waals surface area contributed by atoms with Crippen molar-refractivity contribution in [1.82, 2.24) is 10.4 Å². The molecule has 2 aromatic rings. The van der Waals surface area contributed by atoms with Gasteiger partial charge in [-0.3, -0.25) is 10.8 Å². The minimum atomic E-state index is -0.859. The maximum Gasteiger partial charge on any atom is 0.131 e. The fourth-order valence-electron chi connectivity index (χ4n) is 1.70. The fraction of sp³-hybridized carbons (Fsp3) is 0.0833. The first-order chi connectivity index (χ1) is 8.65. The number of nitrogens with zero attached hydrogens (tertiary/aromatic N) is 1. The minimum Gasteiger partial charge on any atom is -0.271 e. The SMILES string of the molecule is NNC(c1ncccc1Br)c1c(F)cccc1F. The van der Waals surface area contributed by atoms with E-state index in [2.05, 4.69) is 26.3 Å². The largest absolute Gasteiger partial charge is 0.271 e. The summed E-state index contributed by atoms with van der Waals surface area (Å²) in [6, 6.07) is 6.24. The summed E-state index contributed by atoms with van der Waals surface area (Å²) in [5, 5.41) is 0. The predicted octanol–water partition coefficient (Wildman–Crippen LogP) is 2.68. The molecule has 0 saturated heterocycles. The fourth-order valence-corrected chi connectivity index (χ4v) is 2.18. The van der Waals surface area contributed by atoms with Crippen LogP contribution in [0.25, 0.3) is 0 Å². The highest BCUT2D eigenvalue weighted by atomic mass is 79.9. The normalized spacial score (nSPS) is 12.4. The zero-order valence-electron chi connectivity index (χ0n) is 9.20. The molecule has 0 aliphatic carbocycles. The molecule has 1 atom stereocenters. The second-order valence-electron chi connectivity index (χ2n) is 3.61. The molecule has 0 amide bonds. The van der Waals surface area contributed by atoms with Crippen LogP contribution in [0.2, 0.25) is 0 Å². The molecule has 3 nitrogen and oxygen atoms in total. The summed E-state index contributed by atoms with van der Waals surface area (Å²) in [4.78, 5) is 4.09. The van der Waals surface area contributed by atoms with E-state index in [1.807, 2.05) is 0 Å². The summed E-state index contributed by atoms with van der Waals surface area (Å²) in [5.74, 6) is 4.06. The minimum absolute atomic E-state index is 0.153. The lowest BCUT2D eigenvalue weighted by Gasteiger charge is -2.18. The molecular weight excluding hydrogens is 304 g/mol. The molecule has 1 aromatic heterocycles. The molecule has 0 saturated carbocycles. The molecule has 3 N–H and O–H groups in total. The molecular formula is C12H10BrF2N3. The van der Waals surface area contributed by atoms with Gasteiger partial charge in [-0.2, -0.15) is 0 Å². The van der Waals surface area contributed by atoms with E-state index >= 15 is 0 Å². The molecule has 0 fully saturated rings. The molecule has 1 aromatic carbocycles. The van der Waals surface area contributed by atoms with E-state index in [-0.39, 0.29) is 5.56 Å². The smallest absolute Gasteiger partial charge is 0.131 e. The van der Waals surface area contributed by atoms with E-state index in [9.17, 15) is 8.78 Å². The van der Waals surface area contributed by atoms with Crippen LogP contribution in [0.15, 0.2) is 41.0 Å². The summed E-state index contributed by atoms with van der Waals surface area (Å²) in [6.07, 6.45) is 1.53. The zero-order valence-corrected chi connectivity index (χ0v) is 10.8. The van der Waals surface area contributed by atoms with E-state index in [1.54, 1.807) is 12.1 Å². The molecule has 94 valence electrons. The van der Waals surface area contributed by atoms with Crippen molar-refractivity contribution in [2.75, 3.05) is 0 Å². The monoisotopic (exact) mass is 313 g/mol. The molecule has 0 aliphatic rings. The molecule has 1 heterocycles. The molecule has 0 radical (unpaired) electrons. The standard InChI is InChI=1S/C12H10BrF2N3/c13-7-3-2-6-17-11(7)12(18-16)10-8(14)4-1-5-9(10)15/h1-6,12,18H,16H2. The van der Waals surface area contributed by atoms with Crippen molar-refractivity contribution < 1.29 is 8.78 Å². The number of aromatic nitrogens is 1. The van der Waals surface area contributed by atoms with Crippen LogP contribution in [0.1, 0.15) is 17.3 Å². The van der Waals surface area contributed by atoms with E-state index in [4.69, 9.17) is 5.84 Å². The molecule has 18 heavy (non-hydrogen) atoms. The number of hydrogen-bond donors (Lipinski definition) is 2. The average Bonchev–Trinajstić information content (AvgIpc) is 2.35. The quantitative estimate of drug-likeness (QED) is 0.676. The number of nitrogens with one attached hydrogen (secondary N) is 1. The van der Waals surface area contributed by atoms with E-state index in [0.717, 1.165) is 0 Å². The van der Waals surface area contributed by atoms with Crippen LogP contribution in [0, 0.1) is 11.6 Å². The van der Waals surface area contributed by atoms with E-state index < -0.39 is 17.7 Å². The van der Waals surface area contributed by atoms with Crippen molar-refractivity contribution in [2.45, 2.75) is 6.04 Å². The first-order valence-electron chi connectivity index (χ1n) is 5.15. The lowest BCUT2D eigenvalue weighted by Crippen LogP contribution is -2.31. The third kappa shape index (κ3) is 2.40. The number of pyridine rings is 1. The lowest BCUT2D eigenvalue weighted by molar-refractivity contribution is 0.504. The Labute approximate surface area is 111 Å². The van der Waals surface area contributed by atoms with Crippen molar-refractivity contribution in [3.8, 4) is 0 Å². The van der Waals surface area contributed by atoms with Crippen LogP contribution in [-0.2, 0) is 0 Å². The maximum absolute atomic E-state index is 13.7. The Morgan fingerprint density at radius 2 is 1.83 bits per heavy atom. The zero-order chi connectivity index (χ0) is 13.1. The Morgan fingerprint density at radius 3 is 2.39 bits per heavy atom. The molecule has 0 aliphatic heterocycles. The molecule has 2 rings (SSSR count). The van der Waals surface area contributed by atoms with Crippen LogP contribution in [0.4, 0.5) is 8.78 Å². The van der Waals surface area contributed by atoms with Gasteiger partial charge in [-0.05, 0) is 40.2 Å². The number of hydrogen-bond acceptors (Lipinski definition) is 3. The van der Waals surface area contributed by atoms with Crippen molar-refractivity contribution >= 4 is 15.9 Å². The van der Waals surface area contributed by atoms with Gasteiger partial charge in [-0.25, -0.2) is 14.2 Å². The molecule has 1 unspecified atom stereocenters. The van der Waals surface area contributed by atoms with E-state index in [0.29, 0.717) is 10.2 Å². The highest BCUT2D eigenvalue weighted by Gasteiger charge is 2.23. The number of nitrogens with two attached hydrogens (primary N) is 1. The topological polar surface area (TPSA) is 50.9 Å².